The van der Waals surface area contributed by atoms with Crippen molar-refractivity contribution in [2.75, 3.05) is 20.2 Å². The summed E-state index contributed by atoms with van der Waals surface area (Å²) in [7, 11) is -2.38. The largest absolute Gasteiger partial charge is 0.496 e. The van der Waals surface area contributed by atoms with E-state index in [0.717, 1.165) is 41.9 Å². The highest BCUT2D eigenvalue weighted by Crippen LogP contribution is 2.27. The number of sulfonamides is 1. The second-order valence-electron chi connectivity index (χ2n) is 9.03. The lowest BCUT2D eigenvalue weighted by atomic mass is 10.1. The molecule has 1 saturated heterocycles. The minimum Gasteiger partial charge on any atom is -0.496 e. The molecule has 39 heavy (non-hydrogen) atoms. The fourth-order valence-electron chi connectivity index (χ4n) is 4.16. The number of nitrogens with zero attached hydrogens (tertiary/aromatic N) is 1. The van der Waals surface area contributed by atoms with Gasteiger partial charge in [0.1, 0.15) is 5.75 Å². The molecule has 0 saturated carbocycles. The number of benzene rings is 3. The van der Waals surface area contributed by atoms with E-state index in [9.17, 15) is 18.0 Å². The van der Waals surface area contributed by atoms with Gasteiger partial charge in [-0.2, -0.15) is 4.31 Å². The Morgan fingerprint density at radius 3 is 2.18 bits per heavy atom. The normalized spacial score (nSPS) is 14.3. The molecule has 0 bridgehead atoms. The topological polar surface area (TPSA) is 105 Å². The molecule has 0 aliphatic carbocycles. The van der Waals surface area contributed by atoms with Gasteiger partial charge in [0.25, 0.3) is 11.8 Å². The van der Waals surface area contributed by atoms with Crippen molar-refractivity contribution in [3.05, 3.63) is 88.4 Å². The van der Waals surface area contributed by atoms with Crippen LogP contribution in [0, 0.1) is 0 Å². The van der Waals surface area contributed by atoms with Crippen molar-refractivity contribution in [2.24, 2.45) is 0 Å². The number of methoxy groups -OCH3 is 1. The number of nitrogens with one attached hydrogen (secondary N) is 2. The van der Waals surface area contributed by atoms with Crippen LogP contribution in [0.4, 0.5) is 0 Å². The van der Waals surface area contributed by atoms with Gasteiger partial charge in [0.2, 0.25) is 10.0 Å². The highest BCUT2D eigenvalue weighted by Gasteiger charge is 2.27. The lowest BCUT2D eigenvalue weighted by Crippen LogP contribution is -2.41. The number of halogens is 1. The van der Waals surface area contributed by atoms with Crippen LogP contribution in [0.2, 0.25) is 5.02 Å². The van der Waals surface area contributed by atoms with E-state index in [1.807, 2.05) is 36.4 Å². The molecule has 0 unspecified atom stereocenters. The molecule has 4 rings (SSSR count). The van der Waals surface area contributed by atoms with Gasteiger partial charge in [-0.25, -0.2) is 8.42 Å². The molecule has 2 N–H and O–H groups in total. The molecule has 0 radical (unpaired) electrons. The van der Waals surface area contributed by atoms with E-state index in [1.54, 1.807) is 23.9 Å². The summed E-state index contributed by atoms with van der Waals surface area (Å²) in [5.74, 6) is -0.285. The van der Waals surface area contributed by atoms with Gasteiger partial charge in [0.15, 0.2) is 0 Å². The highest BCUT2D eigenvalue weighted by atomic mass is 35.5. The van der Waals surface area contributed by atoms with Gasteiger partial charge in [-0.15, -0.1) is 11.8 Å². The molecule has 3 aromatic rings. The van der Waals surface area contributed by atoms with Gasteiger partial charge in [-0.3, -0.25) is 20.4 Å². The third-order valence-electron chi connectivity index (χ3n) is 6.34. The van der Waals surface area contributed by atoms with Gasteiger partial charge in [-0.05, 0) is 73.0 Å². The quantitative estimate of drug-likeness (QED) is 0.274. The van der Waals surface area contributed by atoms with E-state index in [2.05, 4.69) is 10.9 Å². The van der Waals surface area contributed by atoms with Crippen LogP contribution in [0.5, 0.6) is 5.75 Å². The summed E-state index contributed by atoms with van der Waals surface area (Å²) in [5.41, 5.74) is 6.15. The SMILES string of the molecule is COc1ccc(S(=O)(=O)N2CCCCCC2)cc1C(=O)NNC(=O)c1ccc(CSc2ccc(Cl)cc2)cc1. The first-order valence-electron chi connectivity index (χ1n) is 12.5. The smallest absolute Gasteiger partial charge is 0.273 e. The van der Waals surface area contributed by atoms with Gasteiger partial charge in [0, 0.05) is 34.3 Å². The Morgan fingerprint density at radius 2 is 1.54 bits per heavy atom. The van der Waals surface area contributed by atoms with E-state index in [0.29, 0.717) is 23.7 Å². The minimum atomic E-state index is -3.77. The number of carbonyl (C=O) groups is 2. The Hall–Kier alpha value is -3.05. The fourth-order valence-corrected chi connectivity index (χ4v) is 6.68. The van der Waals surface area contributed by atoms with Crippen LogP contribution in [0.3, 0.4) is 0 Å². The molecule has 0 aromatic heterocycles. The molecule has 1 fully saturated rings. The third-order valence-corrected chi connectivity index (χ3v) is 9.57. The standard InChI is InChI=1S/C28H30ClN3O5S2/c1-37-26-15-14-24(39(35,36)32-16-4-2-3-5-17-32)18-25(26)28(34)31-30-27(33)21-8-6-20(7-9-21)19-38-23-12-10-22(29)11-13-23/h6-15,18H,2-5,16-17,19H2,1H3,(H,30,33)(H,31,34). The van der Waals surface area contributed by atoms with Crippen LogP contribution >= 0.6 is 23.4 Å². The molecule has 1 heterocycles. The molecular formula is C28H30ClN3O5S2. The lowest BCUT2D eigenvalue weighted by molar-refractivity contribution is 0.0844. The Kier molecular flexibility index (Phi) is 9.90. The second kappa shape index (κ2) is 13.3. The van der Waals surface area contributed by atoms with Crippen molar-refractivity contribution >= 4 is 45.2 Å². The number of hydrazine groups is 1. The number of amides is 2. The first-order valence-corrected chi connectivity index (χ1v) is 15.3. The zero-order valence-electron chi connectivity index (χ0n) is 21.5. The predicted molar refractivity (Wildman–Crippen MR) is 153 cm³/mol. The van der Waals surface area contributed by atoms with E-state index in [1.165, 1.54) is 29.6 Å². The van der Waals surface area contributed by atoms with Crippen LogP contribution in [0.15, 0.2) is 76.5 Å². The molecule has 0 spiro atoms. The average Bonchev–Trinajstić information content (AvgIpc) is 3.26. The Morgan fingerprint density at radius 1 is 0.897 bits per heavy atom. The molecule has 8 nitrogen and oxygen atoms in total. The maximum atomic E-state index is 13.2. The summed E-state index contributed by atoms with van der Waals surface area (Å²) in [6.07, 6.45) is 3.59. The van der Waals surface area contributed by atoms with Crippen molar-refractivity contribution in [1.82, 2.24) is 15.2 Å². The number of carbonyl (C=O) groups excluding carboxylic acids is 2. The Labute approximate surface area is 238 Å². The number of ether oxygens (including phenoxy) is 1. The van der Waals surface area contributed by atoms with Crippen LogP contribution in [0.25, 0.3) is 0 Å². The highest BCUT2D eigenvalue weighted by molar-refractivity contribution is 7.98. The van der Waals surface area contributed by atoms with Crippen LogP contribution in [0.1, 0.15) is 52.0 Å². The summed E-state index contributed by atoms with van der Waals surface area (Å²) >= 11 is 7.58. The minimum absolute atomic E-state index is 0.00303. The average molecular weight is 588 g/mol. The molecule has 0 atom stereocenters. The van der Waals surface area contributed by atoms with Crippen molar-refractivity contribution in [3.63, 3.8) is 0 Å². The summed E-state index contributed by atoms with van der Waals surface area (Å²) in [5, 5.41) is 0.686. The first kappa shape index (κ1) is 28.9. The van der Waals surface area contributed by atoms with Gasteiger partial charge in [0.05, 0.1) is 17.6 Å². The maximum Gasteiger partial charge on any atom is 0.273 e. The maximum absolute atomic E-state index is 13.2. The summed E-state index contributed by atoms with van der Waals surface area (Å²) < 4.78 is 33.2. The molecule has 1 aliphatic heterocycles. The number of thioether (sulfide) groups is 1. The van der Waals surface area contributed by atoms with Gasteiger partial charge >= 0.3 is 0 Å². The van der Waals surface area contributed by atoms with Crippen LogP contribution in [-0.4, -0.2) is 44.7 Å². The number of hydrogen-bond acceptors (Lipinski definition) is 6. The van der Waals surface area contributed by atoms with E-state index in [-0.39, 0.29) is 16.2 Å². The van der Waals surface area contributed by atoms with E-state index < -0.39 is 21.8 Å². The summed E-state index contributed by atoms with van der Waals surface area (Å²) in [6, 6.07) is 18.8. The summed E-state index contributed by atoms with van der Waals surface area (Å²) in [4.78, 5) is 26.7. The second-order valence-corrected chi connectivity index (χ2v) is 12.5. The van der Waals surface area contributed by atoms with E-state index in [4.69, 9.17) is 16.3 Å². The third kappa shape index (κ3) is 7.54. The van der Waals surface area contributed by atoms with Crippen LogP contribution < -0.4 is 15.6 Å². The molecule has 3 aromatic carbocycles. The fraction of sp³-hybridized carbons (Fsp3) is 0.286. The molecule has 2 amide bonds. The molecule has 1 aliphatic rings. The molecule has 206 valence electrons. The van der Waals surface area contributed by atoms with Crippen molar-refractivity contribution < 1.29 is 22.7 Å². The van der Waals surface area contributed by atoms with Crippen molar-refractivity contribution in [2.45, 2.75) is 41.2 Å². The molecule has 11 heteroatoms. The molecular weight excluding hydrogens is 558 g/mol. The lowest BCUT2D eigenvalue weighted by Gasteiger charge is -2.20. The predicted octanol–water partition coefficient (Wildman–Crippen LogP) is 5.28. The van der Waals surface area contributed by atoms with Gasteiger partial charge in [-0.1, -0.05) is 36.6 Å². The zero-order valence-corrected chi connectivity index (χ0v) is 23.9. The van der Waals surface area contributed by atoms with Crippen LogP contribution in [-0.2, 0) is 15.8 Å². The van der Waals surface area contributed by atoms with Crippen molar-refractivity contribution in [1.29, 1.82) is 0 Å². The van der Waals surface area contributed by atoms with Gasteiger partial charge < -0.3 is 4.74 Å². The van der Waals surface area contributed by atoms with E-state index >= 15 is 0 Å². The summed E-state index contributed by atoms with van der Waals surface area (Å²) in [6.45, 7) is 0.898. The number of rotatable bonds is 8. The zero-order chi connectivity index (χ0) is 27.8. The Bertz CT molecular complexity index is 1410. The first-order chi connectivity index (χ1) is 18.8. The Balaban J connectivity index is 1.38. The monoisotopic (exact) mass is 587 g/mol. The van der Waals surface area contributed by atoms with Crippen molar-refractivity contribution in [3.8, 4) is 5.75 Å². The number of hydrogen-bond donors (Lipinski definition) is 2.